The maximum atomic E-state index is 12.0. The molecule has 0 spiro atoms. The minimum Gasteiger partial charge on any atom is -0.490 e. The molecule has 36 heavy (non-hydrogen) atoms. The van der Waals surface area contributed by atoms with E-state index >= 15 is 0 Å². The van der Waals surface area contributed by atoms with Crippen LogP contribution in [-0.4, -0.2) is 31.2 Å². The first-order chi connectivity index (χ1) is 17.5. The lowest BCUT2D eigenvalue weighted by atomic mass is 10.1. The molecular weight excluding hydrogens is 478 g/mol. The Balaban J connectivity index is 1.73. The molecule has 2 aromatic rings. The van der Waals surface area contributed by atoms with Crippen LogP contribution in [0.15, 0.2) is 47.6 Å². The van der Waals surface area contributed by atoms with Gasteiger partial charge in [0.2, 0.25) is 5.91 Å². The van der Waals surface area contributed by atoms with E-state index in [0.29, 0.717) is 36.2 Å². The molecule has 2 aromatic carbocycles. The summed E-state index contributed by atoms with van der Waals surface area (Å²) in [7, 11) is 0. The molecule has 0 bridgehead atoms. The van der Waals surface area contributed by atoms with Crippen molar-refractivity contribution in [3.8, 4) is 11.5 Å². The Hall–Kier alpha value is -3.06. The molecule has 7 nitrogen and oxygen atoms in total. The number of rotatable bonds is 17. The van der Waals surface area contributed by atoms with Gasteiger partial charge in [-0.25, -0.2) is 5.43 Å². The van der Waals surface area contributed by atoms with Gasteiger partial charge in [-0.15, -0.1) is 0 Å². The summed E-state index contributed by atoms with van der Waals surface area (Å²) >= 11 is 5.93. The standard InChI is InChI=1S/C28H38ClN3O4/c1-3-5-6-7-8-9-10-11-27(33)30-20-28(34)32-31-19-23-14-17-25(26(18-23)35-4-2)36-21-22-12-15-24(29)16-13-22/h12-19H,3-11,20-21H2,1-2H3,(H,30,33)(H,32,34)/b31-19+. The first-order valence-corrected chi connectivity index (χ1v) is 13.1. The number of hydrogen-bond acceptors (Lipinski definition) is 5. The summed E-state index contributed by atoms with van der Waals surface area (Å²) in [6.07, 6.45) is 10.00. The van der Waals surface area contributed by atoms with Crippen LogP contribution in [0.2, 0.25) is 5.02 Å². The average molecular weight is 516 g/mol. The van der Waals surface area contributed by atoms with Gasteiger partial charge in [0, 0.05) is 11.4 Å². The van der Waals surface area contributed by atoms with Crippen LogP contribution in [-0.2, 0) is 16.2 Å². The van der Waals surface area contributed by atoms with Crippen LogP contribution < -0.4 is 20.2 Å². The molecule has 2 amide bonds. The monoisotopic (exact) mass is 515 g/mol. The van der Waals surface area contributed by atoms with Crippen LogP contribution in [0.5, 0.6) is 11.5 Å². The molecule has 2 N–H and O–H groups in total. The van der Waals surface area contributed by atoms with Crippen molar-refractivity contribution in [1.82, 2.24) is 10.7 Å². The minimum atomic E-state index is -0.382. The van der Waals surface area contributed by atoms with E-state index in [1.165, 1.54) is 31.9 Å². The van der Waals surface area contributed by atoms with Gasteiger partial charge in [-0.05, 0) is 54.8 Å². The number of ether oxygens (including phenoxy) is 2. The number of hydrazone groups is 1. The lowest BCUT2D eigenvalue weighted by Crippen LogP contribution is -2.34. The van der Waals surface area contributed by atoms with E-state index < -0.39 is 0 Å². The Morgan fingerprint density at radius 3 is 2.33 bits per heavy atom. The topological polar surface area (TPSA) is 89.0 Å². The molecule has 2 rings (SSSR count). The molecule has 0 aliphatic carbocycles. The van der Waals surface area contributed by atoms with Crippen molar-refractivity contribution in [3.63, 3.8) is 0 Å². The summed E-state index contributed by atoms with van der Waals surface area (Å²) in [5.74, 6) is 0.696. The van der Waals surface area contributed by atoms with Crippen molar-refractivity contribution < 1.29 is 19.1 Å². The number of hydrogen-bond donors (Lipinski definition) is 2. The number of carbonyl (C=O) groups is 2. The quantitative estimate of drug-likeness (QED) is 0.153. The first-order valence-electron chi connectivity index (χ1n) is 12.7. The second kappa shape index (κ2) is 17.4. The molecule has 0 saturated carbocycles. The summed E-state index contributed by atoms with van der Waals surface area (Å²) in [5.41, 5.74) is 4.16. The molecule has 8 heteroatoms. The molecule has 0 aromatic heterocycles. The molecule has 0 radical (unpaired) electrons. The van der Waals surface area contributed by atoms with Gasteiger partial charge in [0.05, 0.1) is 19.4 Å². The van der Waals surface area contributed by atoms with Gasteiger partial charge in [0.25, 0.3) is 5.91 Å². The van der Waals surface area contributed by atoms with Crippen LogP contribution in [0.1, 0.15) is 76.3 Å². The fourth-order valence-electron chi connectivity index (χ4n) is 3.46. The van der Waals surface area contributed by atoms with Gasteiger partial charge in [0.15, 0.2) is 11.5 Å². The van der Waals surface area contributed by atoms with Gasteiger partial charge in [-0.1, -0.05) is 69.2 Å². The van der Waals surface area contributed by atoms with E-state index in [4.69, 9.17) is 21.1 Å². The van der Waals surface area contributed by atoms with Crippen molar-refractivity contribution in [2.75, 3.05) is 13.2 Å². The third-order valence-electron chi connectivity index (χ3n) is 5.43. The summed E-state index contributed by atoms with van der Waals surface area (Å²) in [4.78, 5) is 23.9. The molecule has 0 aliphatic heterocycles. The van der Waals surface area contributed by atoms with E-state index in [1.807, 2.05) is 37.3 Å². The number of halogens is 1. The number of unbranched alkanes of at least 4 members (excludes halogenated alkanes) is 6. The highest BCUT2D eigenvalue weighted by Crippen LogP contribution is 2.29. The third kappa shape index (κ3) is 12.1. The minimum absolute atomic E-state index is 0.103. The van der Waals surface area contributed by atoms with Gasteiger partial charge >= 0.3 is 0 Å². The van der Waals surface area contributed by atoms with Crippen LogP contribution in [0.4, 0.5) is 0 Å². The fourth-order valence-corrected chi connectivity index (χ4v) is 3.59. The zero-order valence-corrected chi connectivity index (χ0v) is 22.1. The van der Waals surface area contributed by atoms with Crippen LogP contribution in [0.3, 0.4) is 0 Å². The molecule has 0 atom stereocenters. The second-order valence-corrected chi connectivity index (χ2v) is 8.93. The number of nitrogens with zero attached hydrogens (tertiary/aromatic N) is 1. The molecule has 0 unspecified atom stereocenters. The van der Waals surface area contributed by atoms with Crippen LogP contribution >= 0.6 is 11.6 Å². The largest absolute Gasteiger partial charge is 0.490 e. The zero-order valence-electron chi connectivity index (χ0n) is 21.4. The Morgan fingerprint density at radius 1 is 0.889 bits per heavy atom. The van der Waals surface area contributed by atoms with Gasteiger partial charge in [-0.3, -0.25) is 9.59 Å². The third-order valence-corrected chi connectivity index (χ3v) is 5.68. The molecule has 0 aliphatic rings. The number of benzene rings is 2. The highest BCUT2D eigenvalue weighted by molar-refractivity contribution is 6.30. The fraction of sp³-hybridized carbons (Fsp3) is 0.464. The maximum absolute atomic E-state index is 12.0. The van der Waals surface area contributed by atoms with E-state index in [2.05, 4.69) is 22.8 Å². The van der Waals surface area contributed by atoms with Crippen LogP contribution in [0.25, 0.3) is 0 Å². The first kappa shape index (κ1) is 29.2. The van der Waals surface area contributed by atoms with E-state index in [1.54, 1.807) is 12.1 Å². The van der Waals surface area contributed by atoms with E-state index in [9.17, 15) is 9.59 Å². The summed E-state index contributed by atoms with van der Waals surface area (Å²) < 4.78 is 11.6. The lowest BCUT2D eigenvalue weighted by molar-refractivity contribution is -0.126. The molecule has 0 saturated heterocycles. The molecule has 196 valence electrons. The van der Waals surface area contributed by atoms with E-state index in [0.717, 1.165) is 30.4 Å². The lowest BCUT2D eigenvalue weighted by Gasteiger charge is -2.12. The maximum Gasteiger partial charge on any atom is 0.259 e. The second-order valence-electron chi connectivity index (χ2n) is 8.50. The number of amides is 2. The normalized spacial score (nSPS) is 10.9. The van der Waals surface area contributed by atoms with Gasteiger partial charge in [0.1, 0.15) is 6.61 Å². The molecule has 0 fully saturated rings. The predicted molar refractivity (Wildman–Crippen MR) is 145 cm³/mol. The summed E-state index contributed by atoms with van der Waals surface area (Å²) in [5, 5.41) is 7.29. The van der Waals surface area contributed by atoms with Gasteiger partial charge in [-0.2, -0.15) is 5.10 Å². The predicted octanol–water partition coefficient (Wildman–Crippen LogP) is 6.02. The highest BCUT2D eigenvalue weighted by Gasteiger charge is 2.08. The Kier molecular flexibility index (Phi) is 14.1. The van der Waals surface area contributed by atoms with Crippen molar-refractivity contribution in [2.24, 2.45) is 5.10 Å². The van der Waals surface area contributed by atoms with Crippen molar-refractivity contribution in [1.29, 1.82) is 0 Å². The Labute approximate surface area is 219 Å². The van der Waals surface area contributed by atoms with Crippen molar-refractivity contribution in [2.45, 2.75) is 71.8 Å². The number of nitrogens with one attached hydrogen (secondary N) is 2. The summed E-state index contributed by atoms with van der Waals surface area (Å²) in [6, 6.07) is 12.9. The average Bonchev–Trinajstić information content (AvgIpc) is 2.87. The van der Waals surface area contributed by atoms with E-state index in [-0.39, 0.29) is 18.4 Å². The Morgan fingerprint density at radius 2 is 1.61 bits per heavy atom. The molecule has 0 heterocycles. The van der Waals surface area contributed by atoms with Gasteiger partial charge < -0.3 is 14.8 Å². The smallest absolute Gasteiger partial charge is 0.259 e. The van der Waals surface area contributed by atoms with Crippen molar-refractivity contribution >= 4 is 29.6 Å². The van der Waals surface area contributed by atoms with Crippen molar-refractivity contribution in [3.05, 3.63) is 58.6 Å². The SMILES string of the molecule is CCCCCCCCCC(=O)NCC(=O)N/N=C/c1ccc(OCc2ccc(Cl)cc2)c(OCC)c1. The van der Waals surface area contributed by atoms with Crippen LogP contribution in [0, 0.1) is 0 Å². The number of carbonyl (C=O) groups excluding carboxylic acids is 2. The highest BCUT2D eigenvalue weighted by atomic mass is 35.5. The zero-order chi connectivity index (χ0) is 26.0. The Bertz CT molecular complexity index is 964. The molecular formula is C28H38ClN3O4. The summed E-state index contributed by atoms with van der Waals surface area (Å²) in [6.45, 7) is 4.85.